The first-order valence-corrected chi connectivity index (χ1v) is 8.71. The number of fused-ring (bicyclic) bond motifs is 1. The molecular weight excluding hydrogens is 346 g/mol. The molecule has 0 aliphatic carbocycles. The van der Waals surface area contributed by atoms with Crippen molar-refractivity contribution in [1.29, 1.82) is 0 Å². The van der Waals surface area contributed by atoms with Crippen LogP contribution in [0.25, 0.3) is 22.3 Å². The zero-order chi connectivity index (χ0) is 18.8. The Bertz CT molecular complexity index is 1080. The molecule has 9 nitrogen and oxygen atoms in total. The molecule has 1 aromatic carbocycles. The van der Waals surface area contributed by atoms with Crippen molar-refractivity contribution in [2.24, 2.45) is 0 Å². The van der Waals surface area contributed by atoms with Gasteiger partial charge in [-0.15, -0.1) is 5.10 Å². The number of carbonyl (C=O) groups excluding carboxylic acids is 1. The van der Waals surface area contributed by atoms with Gasteiger partial charge in [0.15, 0.2) is 0 Å². The minimum Gasteiger partial charge on any atom is -0.361 e. The molecule has 0 radical (unpaired) electrons. The number of benzene rings is 1. The Morgan fingerprint density at radius 1 is 1.26 bits per heavy atom. The average Bonchev–Trinajstić information content (AvgIpc) is 3.39. The second-order valence-electron chi connectivity index (χ2n) is 6.54. The number of hydrogen-bond acceptors (Lipinski definition) is 6. The highest BCUT2D eigenvalue weighted by Crippen LogP contribution is 2.21. The highest BCUT2D eigenvalue weighted by atomic mass is 16.5. The summed E-state index contributed by atoms with van der Waals surface area (Å²) in [6.45, 7) is 3.99. The van der Waals surface area contributed by atoms with Gasteiger partial charge in [-0.3, -0.25) is 15.2 Å². The molecule has 3 aromatic heterocycles. The maximum absolute atomic E-state index is 12.1. The lowest BCUT2D eigenvalue weighted by Crippen LogP contribution is -2.13. The molecule has 0 bridgehead atoms. The molecule has 4 rings (SSSR count). The van der Waals surface area contributed by atoms with Crippen LogP contribution in [0.3, 0.4) is 0 Å². The number of aromatic nitrogens is 6. The molecule has 0 saturated heterocycles. The van der Waals surface area contributed by atoms with Gasteiger partial charge in [-0.05, 0) is 17.5 Å². The maximum atomic E-state index is 12.1. The van der Waals surface area contributed by atoms with Crippen LogP contribution < -0.4 is 5.32 Å². The Morgan fingerprint density at radius 2 is 2.15 bits per heavy atom. The number of aromatic amines is 2. The van der Waals surface area contributed by atoms with E-state index in [1.54, 1.807) is 0 Å². The van der Waals surface area contributed by atoms with E-state index in [0.717, 1.165) is 22.3 Å². The summed E-state index contributed by atoms with van der Waals surface area (Å²) < 4.78 is 5.26. The maximum Gasteiger partial charge on any atom is 0.248 e. The second-order valence-corrected chi connectivity index (χ2v) is 6.54. The molecule has 9 heteroatoms. The molecule has 4 aromatic rings. The average molecular weight is 365 g/mol. The number of anilines is 1. The molecule has 3 N–H and O–H groups in total. The predicted molar refractivity (Wildman–Crippen MR) is 99.0 cm³/mol. The van der Waals surface area contributed by atoms with Gasteiger partial charge in [-0.1, -0.05) is 31.1 Å². The van der Waals surface area contributed by atoms with Gasteiger partial charge in [0, 0.05) is 36.0 Å². The van der Waals surface area contributed by atoms with Gasteiger partial charge in [-0.25, -0.2) is 0 Å². The van der Waals surface area contributed by atoms with Crippen LogP contribution in [0.15, 0.2) is 35.0 Å². The van der Waals surface area contributed by atoms with Gasteiger partial charge in [-0.2, -0.15) is 9.97 Å². The number of hydrogen-bond donors (Lipinski definition) is 3. The Hall–Kier alpha value is -3.49. The van der Waals surface area contributed by atoms with Crippen molar-refractivity contribution in [2.45, 2.75) is 32.6 Å². The van der Waals surface area contributed by atoms with Crippen molar-refractivity contribution in [2.75, 3.05) is 5.32 Å². The first-order chi connectivity index (χ1) is 13.1. The van der Waals surface area contributed by atoms with E-state index in [9.17, 15) is 4.79 Å². The van der Waals surface area contributed by atoms with E-state index < -0.39 is 0 Å². The zero-order valence-corrected chi connectivity index (χ0v) is 15.0. The SMILES string of the molecule is CC(C)c1nc(NC(=O)CCc2nc(-c3ccc4cc[nH]c4c3)no2)n[nH]1. The molecule has 0 fully saturated rings. The standard InChI is InChI=1S/C18H19N7O2/c1-10(2)16-22-18(24-23-16)20-14(26)5-6-15-21-17(25-27-15)12-4-3-11-7-8-19-13(11)9-12/h3-4,7-10,19H,5-6H2,1-2H3,(H2,20,22,23,24,26). The third kappa shape index (κ3) is 3.71. The Labute approximate surface area is 154 Å². The molecule has 0 aliphatic rings. The van der Waals surface area contributed by atoms with Crippen molar-refractivity contribution < 1.29 is 9.32 Å². The van der Waals surface area contributed by atoms with Crippen LogP contribution in [0, 0.1) is 0 Å². The van der Waals surface area contributed by atoms with E-state index >= 15 is 0 Å². The van der Waals surface area contributed by atoms with Gasteiger partial charge >= 0.3 is 0 Å². The van der Waals surface area contributed by atoms with Gasteiger partial charge in [0.2, 0.25) is 23.6 Å². The lowest BCUT2D eigenvalue weighted by molar-refractivity contribution is -0.116. The van der Waals surface area contributed by atoms with Gasteiger partial charge in [0.25, 0.3) is 0 Å². The molecule has 1 amide bonds. The molecule has 0 saturated carbocycles. The van der Waals surface area contributed by atoms with E-state index in [-0.39, 0.29) is 24.2 Å². The number of nitrogens with zero attached hydrogens (tertiary/aromatic N) is 4. The minimum atomic E-state index is -0.211. The number of carbonyl (C=O) groups is 1. The summed E-state index contributed by atoms with van der Waals surface area (Å²) in [5.74, 6) is 1.91. The summed E-state index contributed by atoms with van der Waals surface area (Å²) in [6, 6.07) is 7.89. The Balaban J connectivity index is 1.36. The second kappa shape index (κ2) is 7.02. The van der Waals surface area contributed by atoms with Crippen LogP contribution in [0.2, 0.25) is 0 Å². The quantitative estimate of drug-likeness (QED) is 0.482. The largest absolute Gasteiger partial charge is 0.361 e. The predicted octanol–water partition coefficient (Wildman–Crippen LogP) is 3.03. The van der Waals surface area contributed by atoms with Crippen LogP contribution in [0.5, 0.6) is 0 Å². The van der Waals surface area contributed by atoms with E-state index in [0.29, 0.717) is 18.1 Å². The van der Waals surface area contributed by atoms with E-state index in [2.05, 4.69) is 35.6 Å². The number of nitrogens with one attached hydrogen (secondary N) is 3. The van der Waals surface area contributed by atoms with E-state index in [1.165, 1.54) is 0 Å². The molecule has 0 aliphatic heterocycles. The fourth-order valence-electron chi connectivity index (χ4n) is 2.66. The number of H-pyrrole nitrogens is 2. The fourth-order valence-corrected chi connectivity index (χ4v) is 2.66. The summed E-state index contributed by atoms with van der Waals surface area (Å²) in [5, 5.41) is 14.5. The lowest BCUT2D eigenvalue weighted by Gasteiger charge is -1.98. The first-order valence-electron chi connectivity index (χ1n) is 8.71. The first kappa shape index (κ1) is 17.0. The fraction of sp³-hybridized carbons (Fsp3) is 0.278. The van der Waals surface area contributed by atoms with Crippen molar-refractivity contribution in [1.82, 2.24) is 30.3 Å². The van der Waals surface area contributed by atoms with E-state index in [4.69, 9.17) is 4.52 Å². The Morgan fingerprint density at radius 3 is 2.96 bits per heavy atom. The summed E-state index contributed by atoms with van der Waals surface area (Å²) >= 11 is 0. The van der Waals surface area contributed by atoms with Crippen LogP contribution in [0.1, 0.15) is 37.9 Å². The van der Waals surface area contributed by atoms with Crippen molar-refractivity contribution in [3.63, 3.8) is 0 Å². The lowest BCUT2D eigenvalue weighted by atomic mass is 10.1. The van der Waals surface area contributed by atoms with Crippen molar-refractivity contribution >= 4 is 22.8 Å². The third-order valence-electron chi connectivity index (χ3n) is 4.15. The topological polar surface area (TPSA) is 125 Å². The van der Waals surface area contributed by atoms with E-state index in [1.807, 2.05) is 44.3 Å². The minimum absolute atomic E-state index is 0.197. The van der Waals surface area contributed by atoms with Gasteiger partial charge < -0.3 is 9.51 Å². The number of rotatable bonds is 6. The summed E-state index contributed by atoms with van der Waals surface area (Å²) in [7, 11) is 0. The molecule has 0 spiro atoms. The molecule has 0 atom stereocenters. The number of amides is 1. The highest BCUT2D eigenvalue weighted by Gasteiger charge is 2.13. The summed E-state index contributed by atoms with van der Waals surface area (Å²) in [6.07, 6.45) is 2.42. The zero-order valence-electron chi connectivity index (χ0n) is 15.0. The summed E-state index contributed by atoms with van der Waals surface area (Å²) in [5.41, 5.74) is 1.86. The molecule has 0 unspecified atom stereocenters. The van der Waals surface area contributed by atoms with Gasteiger partial charge in [0.05, 0.1) is 0 Å². The third-order valence-corrected chi connectivity index (χ3v) is 4.15. The molecule has 27 heavy (non-hydrogen) atoms. The number of aryl methyl sites for hydroxylation is 1. The van der Waals surface area contributed by atoms with Crippen LogP contribution in [0.4, 0.5) is 5.95 Å². The molecule has 138 valence electrons. The highest BCUT2D eigenvalue weighted by molar-refractivity contribution is 5.89. The van der Waals surface area contributed by atoms with Crippen LogP contribution in [-0.2, 0) is 11.2 Å². The monoisotopic (exact) mass is 365 g/mol. The summed E-state index contributed by atoms with van der Waals surface area (Å²) in [4.78, 5) is 23.8. The molecular formula is C18H19N7O2. The van der Waals surface area contributed by atoms with Gasteiger partial charge in [0.1, 0.15) is 5.82 Å². The normalized spacial score (nSPS) is 11.4. The molecule has 3 heterocycles. The van der Waals surface area contributed by atoms with Crippen molar-refractivity contribution in [3.8, 4) is 11.4 Å². The Kier molecular flexibility index (Phi) is 4.41. The van der Waals surface area contributed by atoms with Crippen LogP contribution in [-0.4, -0.2) is 36.2 Å². The van der Waals surface area contributed by atoms with Crippen molar-refractivity contribution in [3.05, 3.63) is 42.2 Å². The smallest absolute Gasteiger partial charge is 0.248 e. The van der Waals surface area contributed by atoms with Crippen LogP contribution >= 0.6 is 0 Å².